The number of Topliss-reactive ketones (excluding diaryl/α,β-unsaturated/α-hetero) is 1. The van der Waals surface area contributed by atoms with Gasteiger partial charge in [0.1, 0.15) is 17.5 Å². The number of nitrogens with zero attached hydrogens (tertiary/aromatic N) is 2. The number of carbonyl (C=O) groups excluding carboxylic acids is 4. The predicted octanol–water partition coefficient (Wildman–Crippen LogP) is 2.20. The molecule has 200 valence electrons. The SMILES string of the molecule is CCN1CCN(C(=O)NC(C(=O)C[C@H]2Cc3cccc(C)c3OB2O)c2ccc(C)c(OC)c2)C(=O)C1=O. The van der Waals surface area contributed by atoms with Crippen molar-refractivity contribution in [1.29, 1.82) is 0 Å². The van der Waals surface area contributed by atoms with Crippen molar-refractivity contribution >= 4 is 30.7 Å². The van der Waals surface area contributed by atoms with Gasteiger partial charge in [-0.1, -0.05) is 30.3 Å². The third-order valence-electron chi connectivity index (χ3n) is 7.17. The lowest BCUT2D eigenvalue weighted by Crippen LogP contribution is -2.58. The van der Waals surface area contributed by atoms with Gasteiger partial charge in [-0.3, -0.25) is 19.3 Å². The molecule has 2 heterocycles. The summed E-state index contributed by atoms with van der Waals surface area (Å²) in [5.41, 5.74) is 3.08. The molecule has 4 amide bonds. The number of rotatable bonds is 7. The van der Waals surface area contributed by atoms with Gasteiger partial charge in [-0.15, -0.1) is 0 Å². The number of aryl methyl sites for hydroxylation is 2. The second-order valence-corrected chi connectivity index (χ2v) is 9.66. The molecule has 1 saturated heterocycles. The molecule has 2 N–H and O–H groups in total. The molecular formula is C27H32BN3O7. The molecule has 11 heteroatoms. The molecule has 2 atom stereocenters. The highest BCUT2D eigenvalue weighted by molar-refractivity contribution is 6.46. The number of hydrogen-bond donors (Lipinski definition) is 2. The minimum absolute atomic E-state index is 0.0215. The Hall–Kier alpha value is -3.86. The first-order chi connectivity index (χ1) is 18.1. The summed E-state index contributed by atoms with van der Waals surface area (Å²) in [5, 5.41) is 13.3. The second kappa shape index (κ2) is 11.3. The fourth-order valence-corrected chi connectivity index (χ4v) is 4.93. The summed E-state index contributed by atoms with van der Waals surface area (Å²) >= 11 is 0. The lowest BCUT2D eigenvalue weighted by molar-refractivity contribution is -0.153. The molecule has 2 aromatic rings. The molecule has 10 nitrogen and oxygen atoms in total. The molecule has 0 aliphatic carbocycles. The van der Waals surface area contributed by atoms with Crippen LogP contribution < -0.4 is 14.7 Å². The van der Waals surface area contributed by atoms with Crippen LogP contribution >= 0.6 is 0 Å². The van der Waals surface area contributed by atoms with Crippen LogP contribution in [0, 0.1) is 13.8 Å². The lowest BCUT2D eigenvalue weighted by Gasteiger charge is -2.33. The maximum atomic E-state index is 13.7. The van der Waals surface area contributed by atoms with E-state index in [1.54, 1.807) is 25.1 Å². The number of fused-ring (bicyclic) bond motifs is 1. The standard InChI is InChI=1S/C27H32BN3O7/c1-5-30-11-12-31(26(34)25(30)33)27(35)29-23(18-10-9-16(2)22(14-18)37-4)21(32)15-20-13-19-8-6-7-17(3)24(19)38-28(20)36/h6-10,14,20,23,36H,5,11-13,15H2,1-4H3,(H,29,35)/t20-,23?/m1/s1. The highest BCUT2D eigenvalue weighted by atomic mass is 16.5. The number of benzene rings is 2. The van der Waals surface area contributed by atoms with Gasteiger partial charge in [-0.05, 0) is 55.5 Å². The molecule has 0 saturated carbocycles. The van der Waals surface area contributed by atoms with Crippen molar-refractivity contribution in [2.75, 3.05) is 26.7 Å². The number of para-hydroxylation sites is 1. The third-order valence-corrected chi connectivity index (χ3v) is 7.17. The normalized spacial score (nSPS) is 18.0. The first-order valence-corrected chi connectivity index (χ1v) is 12.7. The maximum absolute atomic E-state index is 13.7. The molecule has 0 aromatic heterocycles. The van der Waals surface area contributed by atoms with Gasteiger partial charge in [0.15, 0.2) is 5.78 Å². The number of likely N-dealkylation sites (N-methyl/N-ethyl adjacent to an activating group) is 1. The molecule has 1 unspecified atom stereocenters. The Bertz CT molecular complexity index is 1270. The van der Waals surface area contributed by atoms with E-state index in [1.807, 2.05) is 32.0 Å². The second-order valence-electron chi connectivity index (χ2n) is 9.66. The highest BCUT2D eigenvalue weighted by Crippen LogP contribution is 2.37. The Morgan fingerprint density at radius 3 is 2.63 bits per heavy atom. The number of amides is 4. The quantitative estimate of drug-likeness (QED) is 0.423. The van der Waals surface area contributed by atoms with Gasteiger partial charge in [0.05, 0.1) is 7.11 Å². The van der Waals surface area contributed by atoms with Crippen molar-refractivity contribution < 1.29 is 33.6 Å². The zero-order valence-corrected chi connectivity index (χ0v) is 22.0. The molecule has 4 rings (SSSR count). The van der Waals surface area contributed by atoms with E-state index in [4.69, 9.17) is 9.39 Å². The molecule has 2 aliphatic heterocycles. The Kier molecular flexibility index (Phi) is 8.06. The van der Waals surface area contributed by atoms with Crippen LogP contribution in [0.2, 0.25) is 5.82 Å². The van der Waals surface area contributed by atoms with Crippen molar-refractivity contribution in [2.45, 2.75) is 45.5 Å². The Balaban J connectivity index is 1.58. The average molecular weight is 521 g/mol. The van der Waals surface area contributed by atoms with E-state index in [1.165, 1.54) is 12.0 Å². The number of urea groups is 1. The third kappa shape index (κ3) is 5.38. The average Bonchev–Trinajstić information content (AvgIpc) is 2.90. The van der Waals surface area contributed by atoms with Crippen LogP contribution in [-0.4, -0.2) is 72.3 Å². The van der Waals surface area contributed by atoms with E-state index in [2.05, 4.69) is 5.32 Å². The van der Waals surface area contributed by atoms with Gasteiger partial charge in [0.25, 0.3) is 0 Å². The largest absolute Gasteiger partial charge is 0.536 e. The zero-order chi connectivity index (χ0) is 27.6. The summed E-state index contributed by atoms with van der Waals surface area (Å²) in [6.07, 6.45) is 0.333. The van der Waals surface area contributed by atoms with Crippen molar-refractivity contribution in [3.05, 3.63) is 58.7 Å². The highest BCUT2D eigenvalue weighted by Gasteiger charge is 2.40. The van der Waals surface area contributed by atoms with Gasteiger partial charge in [0.2, 0.25) is 0 Å². The van der Waals surface area contributed by atoms with Gasteiger partial charge < -0.3 is 24.6 Å². The van der Waals surface area contributed by atoms with Crippen molar-refractivity contribution in [3.8, 4) is 11.5 Å². The Morgan fingerprint density at radius 1 is 1.16 bits per heavy atom. The molecular weight excluding hydrogens is 489 g/mol. The number of hydrogen-bond acceptors (Lipinski definition) is 7. The van der Waals surface area contributed by atoms with Gasteiger partial charge >= 0.3 is 25.0 Å². The number of methoxy groups -OCH3 is 1. The van der Waals surface area contributed by atoms with E-state index in [9.17, 15) is 24.2 Å². The van der Waals surface area contributed by atoms with Gasteiger partial charge in [-0.2, -0.15) is 0 Å². The van der Waals surface area contributed by atoms with E-state index >= 15 is 0 Å². The minimum atomic E-state index is -1.20. The summed E-state index contributed by atoms with van der Waals surface area (Å²) in [7, 11) is 0.312. The molecule has 2 aromatic carbocycles. The molecule has 2 aliphatic rings. The first kappa shape index (κ1) is 27.2. The van der Waals surface area contributed by atoms with Crippen molar-refractivity contribution in [1.82, 2.24) is 15.1 Å². The number of ether oxygens (including phenoxy) is 1. The monoisotopic (exact) mass is 521 g/mol. The fraction of sp³-hybridized carbons (Fsp3) is 0.407. The Morgan fingerprint density at radius 2 is 1.92 bits per heavy atom. The van der Waals surface area contributed by atoms with Crippen LogP contribution in [0.5, 0.6) is 11.5 Å². The molecule has 0 spiro atoms. The summed E-state index contributed by atoms with van der Waals surface area (Å²) in [6.45, 7) is 6.09. The summed E-state index contributed by atoms with van der Waals surface area (Å²) in [4.78, 5) is 54.0. The molecule has 1 fully saturated rings. The van der Waals surface area contributed by atoms with Crippen LogP contribution in [0.25, 0.3) is 0 Å². The molecule has 0 radical (unpaired) electrons. The first-order valence-electron chi connectivity index (χ1n) is 12.7. The Labute approximate surface area is 222 Å². The van der Waals surface area contributed by atoms with Gasteiger partial charge in [-0.25, -0.2) is 4.79 Å². The van der Waals surface area contributed by atoms with Crippen LogP contribution in [0.15, 0.2) is 36.4 Å². The lowest BCUT2D eigenvalue weighted by atomic mass is 9.64. The number of nitrogens with one attached hydrogen (secondary N) is 1. The predicted molar refractivity (Wildman–Crippen MR) is 140 cm³/mol. The fourth-order valence-electron chi connectivity index (χ4n) is 4.93. The van der Waals surface area contributed by atoms with Crippen LogP contribution in [0.3, 0.4) is 0 Å². The van der Waals surface area contributed by atoms with Crippen molar-refractivity contribution in [3.63, 3.8) is 0 Å². The van der Waals surface area contributed by atoms with Gasteiger partial charge in [0, 0.05) is 31.9 Å². The van der Waals surface area contributed by atoms with E-state index < -0.39 is 36.8 Å². The minimum Gasteiger partial charge on any atom is -0.536 e. The molecule has 0 bridgehead atoms. The van der Waals surface area contributed by atoms with Crippen LogP contribution in [0.4, 0.5) is 4.79 Å². The number of piperazine rings is 1. The number of carbonyl (C=O) groups is 4. The number of ketones is 1. The van der Waals surface area contributed by atoms with E-state index in [-0.39, 0.29) is 25.3 Å². The smallest absolute Gasteiger partial charge is 0.526 e. The van der Waals surface area contributed by atoms with Crippen LogP contribution in [0.1, 0.15) is 41.6 Å². The number of imide groups is 1. The zero-order valence-electron chi connectivity index (χ0n) is 22.0. The summed E-state index contributed by atoms with van der Waals surface area (Å²) in [5.74, 6) is -1.47. The summed E-state index contributed by atoms with van der Waals surface area (Å²) < 4.78 is 11.1. The van der Waals surface area contributed by atoms with Crippen LogP contribution in [-0.2, 0) is 20.8 Å². The van der Waals surface area contributed by atoms with Crippen molar-refractivity contribution in [2.24, 2.45) is 0 Å². The van der Waals surface area contributed by atoms with E-state index in [0.29, 0.717) is 30.0 Å². The summed E-state index contributed by atoms with van der Waals surface area (Å²) in [6, 6.07) is 8.84. The topological polar surface area (TPSA) is 125 Å². The van der Waals surface area contributed by atoms with E-state index in [0.717, 1.165) is 21.6 Å². The maximum Gasteiger partial charge on any atom is 0.526 e. The molecule has 38 heavy (non-hydrogen) atoms.